The van der Waals surface area contributed by atoms with Crippen LogP contribution in [0.25, 0.3) is 0 Å². The van der Waals surface area contributed by atoms with Gasteiger partial charge in [0.1, 0.15) is 11.5 Å². The number of primary amides is 1. The molecule has 31 heavy (non-hydrogen) atoms. The largest absolute Gasteiger partial charge is 0.455 e. The van der Waals surface area contributed by atoms with Crippen molar-refractivity contribution in [3.63, 3.8) is 0 Å². The van der Waals surface area contributed by atoms with Gasteiger partial charge in [-0.1, -0.05) is 30.3 Å². The third-order valence-corrected chi connectivity index (χ3v) is 6.80. The average Bonchev–Trinajstić information content (AvgIpc) is 3.51. The summed E-state index contributed by atoms with van der Waals surface area (Å²) in [6, 6.07) is 18.1. The molecular weight excluding hydrogens is 416 g/mol. The Labute approximate surface area is 180 Å². The second kappa shape index (κ2) is 8.39. The lowest BCUT2D eigenvalue weighted by molar-refractivity contribution is 0.0695. The van der Waals surface area contributed by atoms with Gasteiger partial charge in [-0.15, -0.1) is 0 Å². The second-order valence-electron chi connectivity index (χ2n) is 7.56. The zero-order chi connectivity index (χ0) is 22.0. The number of rotatable bonds is 8. The molecule has 1 aliphatic carbocycles. The van der Waals surface area contributed by atoms with Crippen molar-refractivity contribution in [2.45, 2.75) is 36.1 Å². The molecule has 1 saturated carbocycles. The lowest BCUT2D eigenvalue weighted by Crippen LogP contribution is -2.32. The van der Waals surface area contributed by atoms with Crippen LogP contribution in [0.15, 0.2) is 76.0 Å². The monoisotopic (exact) mass is 438 g/mol. The molecule has 1 heterocycles. The number of carbonyl (C=O) groups excluding carboxylic acids is 2. The Morgan fingerprint density at radius 3 is 2.26 bits per heavy atom. The first-order chi connectivity index (χ1) is 14.8. The number of furan rings is 1. The van der Waals surface area contributed by atoms with E-state index in [1.54, 1.807) is 47.4 Å². The van der Waals surface area contributed by atoms with Gasteiger partial charge in [-0.05, 0) is 54.8 Å². The van der Waals surface area contributed by atoms with E-state index in [1.807, 2.05) is 0 Å². The van der Waals surface area contributed by atoms with Gasteiger partial charge in [-0.25, -0.2) is 8.42 Å². The zero-order valence-corrected chi connectivity index (χ0v) is 17.5. The van der Waals surface area contributed by atoms with Crippen molar-refractivity contribution >= 4 is 21.7 Å². The normalized spacial score (nSPS) is 13.7. The third kappa shape index (κ3) is 4.86. The van der Waals surface area contributed by atoms with Crippen LogP contribution < -0.4 is 5.73 Å². The SMILES string of the molecule is NC(=O)c1ccc(CN(C(=O)c2ccc(CS(=O)(=O)c3ccccc3)o2)C2CC2)cc1. The average molecular weight is 439 g/mol. The van der Waals surface area contributed by atoms with Gasteiger partial charge in [0.2, 0.25) is 5.91 Å². The van der Waals surface area contributed by atoms with Crippen LogP contribution in [0.3, 0.4) is 0 Å². The van der Waals surface area contributed by atoms with Crippen LogP contribution >= 0.6 is 0 Å². The van der Waals surface area contributed by atoms with E-state index in [9.17, 15) is 18.0 Å². The number of amides is 2. The van der Waals surface area contributed by atoms with Crippen molar-refractivity contribution in [1.29, 1.82) is 0 Å². The van der Waals surface area contributed by atoms with Gasteiger partial charge in [-0.3, -0.25) is 9.59 Å². The molecule has 0 saturated heterocycles. The molecule has 0 spiro atoms. The van der Waals surface area contributed by atoms with Crippen molar-refractivity contribution in [3.8, 4) is 0 Å². The molecule has 0 radical (unpaired) electrons. The highest BCUT2D eigenvalue weighted by atomic mass is 32.2. The van der Waals surface area contributed by atoms with E-state index in [1.165, 1.54) is 24.3 Å². The highest BCUT2D eigenvalue weighted by molar-refractivity contribution is 7.90. The van der Waals surface area contributed by atoms with Crippen LogP contribution in [0.5, 0.6) is 0 Å². The summed E-state index contributed by atoms with van der Waals surface area (Å²) in [6.45, 7) is 0.362. The van der Waals surface area contributed by atoms with Gasteiger partial charge >= 0.3 is 0 Å². The van der Waals surface area contributed by atoms with Crippen molar-refractivity contribution < 1.29 is 22.4 Å². The number of carbonyl (C=O) groups is 2. The minimum Gasteiger partial charge on any atom is -0.455 e. The summed E-state index contributed by atoms with van der Waals surface area (Å²) in [4.78, 5) is 26.2. The Bertz CT molecular complexity index is 1200. The molecule has 2 N–H and O–H groups in total. The Kier molecular flexibility index (Phi) is 5.65. The second-order valence-corrected chi connectivity index (χ2v) is 9.55. The standard InChI is InChI=1S/C23H22N2O5S/c24-22(26)17-8-6-16(7-9-17)14-25(18-10-11-18)23(27)21-13-12-19(30-21)15-31(28,29)20-4-2-1-3-5-20/h1-9,12-13,18H,10-11,14-15H2,(H2,24,26). The summed E-state index contributed by atoms with van der Waals surface area (Å²) >= 11 is 0. The van der Waals surface area contributed by atoms with Gasteiger partial charge in [0.05, 0.1) is 4.90 Å². The zero-order valence-electron chi connectivity index (χ0n) is 16.7. The number of benzene rings is 2. The topological polar surface area (TPSA) is 111 Å². The van der Waals surface area contributed by atoms with E-state index in [0.29, 0.717) is 12.1 Å². The van der Waals surface area contributed by atoms with Crippen molar-refractivity contribution in [2.75, 3.05) is 0 Å². The van der Waals surface area contributed by atoms with E-state index in [0.717, 1.165) is 18.4 Å². The van der Waals surface area contributed by atoms with E-state index >= 15 is 0 Å². The van der Waals surface area contributed by atoms with E-state index in [2.05, 4.69) is 0 Å². The molecule has 0 bridgehead atoms. The van der Waals surface area contributed by atoms with Crippen molar-refractivity contribution in [2.24, 2.45) is 5.73 Å². The Morgan fingerprint density at radius 2 is 1.65 bits per heavy atom. The summed E-state index contributed by atoms with van der Waals surface area (Å²) < 4.78 is 30.7. The van der Waals surface area contributed by atoms with E-state index in [-0.39, 0.29) is 34.1 Å². The lowest BCUT2D eigenvalue weighted by Gasteiger charge is -2.21. The minimum atomic E-state index is -3.57. The number of nitrogens with two attached hydrogens (primary N) is 1. The molecule has 0 aliphatic heterocycles. The summed E-state index contributed by atoms with van der Waals surface area (Å²) in [5.74, 6) is -0.782. The van der Waals surface area contributed by atoms with Gasteiger partial charge in [0, 0.05) is 18.2 Å². The van der Waals surface area contributed by atoms with Crippen LogP contribution in [-0.2, 0) is 22.1 Å². The number of hydrogen-bond acceptors (Lipinski definition) is 5. The highest BCUT2D eigenvalue weighted by Gasteiger charge is 2.34. The Morgan fingerprint density at radius 1 is 0.968 bits per heavy atom. The van der Waals surface area contributed by atoms with Crippen LogP contribution in [0.1, 0.15) is 45.1 Å². The maximum atomic E-state index is 13.1. The molecule has 3 aromatic rings. The molecule has 2 amide bonds. The Balaban J connectivity index is 1.49. The fourth-order valence-electron chi connectivity index (χ4n) is 3.33. The predicted molar refractivity (Wildman–Crippen MR) is 114 cm³/mol. The quantitative estimate of drug-likeness (QED) is 0.581. The van der Waals surface area contributed by atoms with E-state index < -0.39 is 15.7 Å². The van der Waals surface area contributed by atoms with E-state index in [4.69, 9.17) is 10.2 Å². The summed E-state index contributed by atoms with van der Waals surface area (Å²) in [5, 5.41) is 0. The first-order valence-corrected chi connectivity index (χ1v) is 11.5. The molecule has 0 unspecified atom stereocenters. The molecule has 1 aliphatic rings. The minimum absolute atomic E-state index is 0.110. The predicted octanol–water partition coefficient (Wildman–Crippen LogP) is 3.16. The number of nitrogens with zero attached hydrogens (tertiary/aromatic N) is 1. The molecule has 7 nitrogen and oxygen atoms in total. The fourth-order valence-corrected chi connectivity index (χ4v) is 4.60. The molecule has 1 aromatic heterocycles. The smallest absolute Gasteiger partial charge is 0.290 e. The third-order valence-electron chi connectivity index (χ3n) is 5.15. The molecule has 1 fully saturated rings. The maximum Gasteiger partial charge on any atom is 0.290 e. The van der Waals surface area contributed by atoms with Crippen LogP contribution in [0.2, 0.25) is 0 Å². The molecule has 160 valence electrons. The van der Waals surface area contributed by atoms with Gasteiger partial charge in [-0.2, -0.15) is 0 Å². The Hall–Kier alpha value is -3.39. The summed E-state index contributed by atoms with van der Waals surface area (Å²) in [7, 11) is -3.57. The van der Waals surface area contributed by atoms with Crippen LogP contribution in [0, 0.1) is 0 Å². The highest BCUT2D eigenvalue weighted by Crippen LogP contribution is 2.30. The first-order valence-electron chi connectivity index (χ1n) is 9.90. The lowest BCUT2D eigenvalue weighted by atomic mass is 10.1. The molecule has 8 heteroatoms. The van der Waals surface area contributed by atoms with Crippen LogP contribution in [0.4, 0.5) is 0 Å². The molecule has 4 rings (SSSR count). The van der Waals surface area contributed by atoms with Crippen molar-refractivity contribution in [3.05, 3.63) is 89.4 Å². The molecule has 0 atom stereocenters. The summed E-state index contributed by atoms with van der Waals surface area (Å²) in [6.07, 6.45) is 1.81. The number of sulfone groups is 1. The maximum absolute atomic E-state index is 13.1. The van der Waals surface area contributed by atoms with Gasteiger partial charge in [0.25, 0.3) is 5.91 Å². The fraction of sp³-hybridized carbons (Fsp3) is 0.217. The van der Waals surface area contributed by atoms with Gasteiger partial charge in [0.15, 0.2) is 15.6 Å². The van der Waals surface area contributed by atoms with Crippen LogP contribution in [-0.4, -0.2) is 31.2 Å². The first kappa shape index (κ1) is 20.9. The van der Waals surface area contributed by atoms with Gasteiger partial charge < -0.3 is 15.1 Å². The molecule has 2 aromatic carbocycles. The summed E-state index contributed by atoms with van der Waals surface area (Å²) in [5.41, 5.74) is 6.54. The number of hydrogen-bond donors (Lipinski definition) is 1. The molecular formula is C23H22N2O5S. The van der Waals surface area contributed by atoms with Crippen molar-refractivity contribution in [1.82, 2.24) is 4.90 Å².